The smallest absolute Gasteiger partial charge is 0.257 e. The van der Waals surface area contributed by atoms with E-state index in [1.165, 1.54) is 12.8 Å². The molecule has 2 aliphatic carbocycles. The second kappa shape index (κ2) is 8.16. The van der Waals surface area contributed by atoms with Crippen molar-refractivity contribution in [2.75, 3.05) is 22.9 Å². The van der Waals surface area contributed by atoms with Gasteiger partial charge in [0.15, 0.2) is 0 Å². The Morgan fingerprint density at radius 1 is 0.967 bits per heavy atom. The molecule has 5 rings (SSSR count). The van der Waals surface area contributed by atoms with Gasteiger partial charge in [-0.15, -0.1) is 0 Å². The molecule has 6 heteroatoms. The highest BCUT2D eigenvalue weighted by Gasteiger charge is 2.36. The zero-order valence-corrected chi connectivity index (χ0v) is 18.3. The van der Waals surface area contributed by atoms with Crippen LogP contribution in [0.5, 0.6) is 5.75 Å². The first-order valence-electron chi connectivity index (χ1n) is 10.6. The van der Waals surface area contributed by atoms with Gasteiger partial charge in [0.05, 0.1) is 22.0 Å². The molecule has 4 nitrogen and oxygen atoms in total. The van der Waals surface area contributed by atoms with E-state index in [4.69, 9.17) is 27.9 Å². The molecule has 30 heavy (non-hydrogen) atoms. The molecule has 1 heterocycles. The number of carbonyl (C=O) groups excluding carboxylic acids is 1. The molecule has 1 saturated carbocycles. The van der Waals surface area contributed by atoms with E-state index >= 15 is 0 Å². The minimum Gasteiger partial charge on any atom is -0.460 e. The fourth-order valence-electron chi connectivity index (χ4n) is 4.43. The van der Waals surface area contributed by atoms with Gasteiger partial charge in [0, 0.05) is 36.6 Å². The van der Waals surface area contributed by atoms with Crippen LogP contribution in [0.2, 0.25) is 10.0 Å². The van der Waals surface area contributed by atoms with Gasteiger partial charge >= 0.3 is 0 Å². The lowest BCUT2D eigenvalue weighted by Crippen LogP contribution is -2.45. The number of amides is 1. The Balaban J connectivity index is 1.47. The first kappa shape index (κ1) is 19.8. The molecular weight excluding hydrogens is 419 g/mol. The van der Waals surface area contributed by atoms with Crippen molar-refractivity contribution < 1.29 is 9.53 Å². The summed E-state index contributed by atoms with van der Waals surface area (Å²) >= 11 is 12.4. The van der Waals surface area contributed by atoms with Gasteiger partial charge in [-0.1, -0.05) is 35.3 Å². The lowest BCUT2D eigenvalue weighted by Gasteiger charge is -2.38. The predicted octanol–water partition coefficient (Wildman–Crippen LogP) is 6.22. The number of rotatable bonds is 4. The van der Waals surface area contributed by atoms with Crippen molar-refractivity contribution in [3.05, 3.63) is 63.8 Å². The Kier molecular flexibility index (Phi) is 5.38. The van der Waals surface area contributed by atoms with Crippen molar-refractivity contribution in [1.82, 2.24) is 0 Å². The van der Waals surface area contributed by atoms with Crippen LogP contribution in [0.3, 0.4) is 0 Å². The molecule has 0 bridgehead atoms. The summed E-state index contributed by atoms with van der Waals surface area (Å²) in [6.45, 7) is 1.57. The van der Waals surface area contributed by atoms with Crippen LogP contribution in [0, 0.1) is 0 Å². The van der Waals surface area contributed by atoms with Crippen molar-refractivity contribution in [3.63, 3.8) is 0 Å². The van der Waals surface area contributed by atoms with Crippen LogP contribution in [-0.2, 0) is 4.79 Å². The molecule has 2 aromatic carbocycles. The summed E-state index contributed by atoms with van der Waals surface area (Å²) in [5.41, 5.74) is 2.92. The molecule has 0 unspecified atom stereocenters. The maximum atomic E-state index is 13.7. The predicted molar refractivity (Wildman–Crippen MR) is 122 cm³/mol. The van der Waals surface area contributed by atoms with Gasteiger partial charge in [-0.05, 0) is 56.4 Å². The van der Waals surface area contributed by atoms with Gasteiger partial charge in [-0.25, -0.2) is 0 Å². The Morgan fingerprint density at radius 3 is 2.53 bits per heavy atom. The van der Waals surface area contributed by atoms with Crippen LogP contribution in [-0.4, -0.2) is 25.0 Å². The Hall–Kier alpha value is -2.17. The average molecular weight is 443 g/mol. The fraction of sp³-hybridized carbons (Fsp3) is 0.375. The van der Waals surface area contributed by atoms with Crippen LogP contribution in [0.15, 0.2) is 53.8 Å². The SMILES string of the molecule is O=C(C1=C(Oc2cc(Cl)ccc2Cl)CCCC1)N1CCN(C2CC2)c2ccccc21. The molecule has 2 aromatic rings. The Morgan fingerprint density at radius 2 is 1.73 bits per heavy atom. The number of ether oxygens (including phenoxy) is 1. The largest absolute Gasteiger partial charge is 0.460 e. The molecule has 0 radical (unpaired) electrons. The molecule has 0 saturated heterocycles. The number of allylic oxidation sites excluding steroid dienone is 1. The lowest BCUT2D eigenvalue weighted by atomic mass is 9.96. The van der Waals surface area contributed by atoms with E-state index in [0.29, 0.717) is 28.4 Å². The van der Waals surface area contributed by atoms with Crippen LogP contribution in [0.25, 0.3) is 0 Å². The van der Waals surface area contributed by atoms with Gasteiger partial charge in [0.1, 0.15) is 11.5 Å². The third kappa shape index (κ3) is 3.79. The fourth-order valence-corrected chi connectivity index (χ4v) is 4.75. The van der Waals surface area contributed by atoms with Gasteiger partial charge < -0.3 is 14.5 Å². The highest BCUT2D eigenvalue weighted by molar-refractivity contribution is 6.34. The quantitative estimate of drug-likeness (QED) is 0.563. The number of halogens is 2. The van der Waals surface area contributed by atoms with E-state index in [1.54, 1.807) is 18.2 Å². The summed E-state index contributed by atoms with van der Waals surface area (Å²) in [7, 11) is 0. The molecule has 1 amide bonds. The highest BCUT2D eigenvalue weighted by Crippen LogP contribution is 2.41. The van der Waals surface area contributed by atoms with E-state index < -0.39 is 0 Å². The van der Waals surface area contributed by atoms with Crippen LogP contribution >= 0.6 is 23.2 Å². The first-order chi connectivity index (χ1) is 14.6. The van der Waals surface area contributed by atoms with Gasteiger partial charge in [0.25, 0.3) is 5.91 Å². The molecule has 0 atom stereocenters. The summed E-state index contributed by atoms with van der Waals surface area (Å²) < 4.78 is 6.15. The van der Waals surface area contributed by atoms with E-state index in [-0.39, 0.29) is 5.91 Å². The molecule has 1 fully saturated rings. The number of benzene rings is 2. The van der Waals surface area contributed by atoms with E-state index in [1.807, 2.05) is 11.0 Å². The molecule has 0 aromatic heterocycles. The van der Waals surface area contributed by atoms with Crippen molar-refractivity contribution in [2.24, 2.45) is 0 Å². The number of anilines is 2. The number of hydrogen-bond acceptors (Lipinski definition) is 3. The van der Waals surface area contributed by atoms with Crippen molar-refractivity contribution in [1.29, 1.82) is 0 Å². The summed E-state index contributed by atoms with van der Waals surface area (Å²) in [6, 6.07) is 14.0. The zero-order chi connectivity index (χ0) is 20.7. The summed E-state index contributed by atoms with van der Waals surface area (Å²) in [6.07, 6.45) is 5.92. The molecule has 0 spiro atoms. The van der Waals surface area contributed by atoms with Crippen molar-refractivity contribution in [2.45, 2.75) is 44.6 Å². The second-order valence-electron chi connectivity index (χ2n) is 8.16. The zero-order valence-electron chi connectivity index (χ0n) is 16.7. The maximum Gasteiger partial charge on any atom is 0.257 e. The van der Waals surface area contributed by atoms with Gasteiger partial charge in [-0.3, -0.25) is 4.79 Å². The Labute approximate surface area is 187 Å². The van der Waals surface area contributed by atoms with E-state index in [0.717, 1.165) is 54.9 Å². The highest BCUT2D eigenvalue weighted by atomic mass is 35.5. The third-order valence-electron chi connectivity index (χ3n) is 6.08. The average Bonchev–Trinajstić information content (AvgIpc) is 3.61. The van der Waals surface area contributed by atoms with Crippen LogP contribution in [0.1, 0.15) is 38.5 Å². The molecule has 0 N–H and O–H groups in total. The maximum absolute atomic E-state index is 13.7. The second-order valence-corrected chi connectivity index (χ2v) is 9.00. The number of fused-ring (bicyclic) bond motifs is 1. The number of para-hydroxylation sites is 2. The standard InChI is InChI=1S/C24H24Cl2N2O2/c25-16-9-12-19(26)23(15-16)30-22-8-4-1-5-18(22)24(29)28-14-13-27(17-10-11-17)20-6-2-3-7-21(20)28/h2-3,6-7,9,12,15,17H,1,4-5,8,10-11,13-14H2. The van der Waals surface area contributed by atoms with Gasteiger partial charge in [0.2, 0.25) is 0 Å². The van der Waals surface area contributed by atoms with Crippen molar-refractivity contribution >= 4 is 40.5 Å². The summed E-state index contributed by atoms with van der Waals surface area (Å²) in [5, 5.41) is 1.05. The molecule has 1 aliphatic heterocycles. The van der Waals surface area contributed by atoms with Gasteiger partial charge in [-0.2, -0.15) is 0 Å². The monoisotopic (exact) mass is 442 g/mol. The van der Waals surface area contributed by atoms with Crippen LogP contribution in [0.4, 0.5) is 11.4 Å². The minimum absolute atomic E-state index is 0.0470. The molecule has 156 valence electrons. The number of carbonyl (C=O) groups is 1. The third-order valence-corrected chi connectivity index (χ3v) is 6.63. The topological polar surface area (TPSA) is 32.8 Å². The van der Waals surface area contributed by atoms with Crippen molar-refractivity contribution in [3.8, 4) is 5.75 Å². The summed E-state index contributed by atoms with van der Waals surface area (Å²) in [4.78, 5) is 18.1. The van der Waals surface area contributed by atoms with Crippen LogP contribution < -0.4 is 14.5 Å². The molecular formula is C24H24Cl2N2O2. The van der Waals surface area contributed by atoms with E-state index in [2.05, 4.69) is 23.1 Å². The normalized spacial score (nSPS) is 19.0. The number of hydrogen-bond donors (Lipinski definition) is 0. The Bertz CT molecular complexity index is 1020. The molecule has 3 aliphatic rings. The first-order valence-corrected chi connectivity index (χ1v) is 11.4. The number of nitrogens with zero attached hydrogens (tertiary/aromatic N) is 2. The lowest BCUT2D eigenvalue weighted by molar-refractivity contribution is -0.115. The van der Waals surface area contributed by atoms with E-state index in [9.17, 15) is 4.79 Å². The minimum atomic E-state index is 0.0470. The summed E-state index contributed by atoms with van der Waals surface area (Å²) in [5.74, 6) is 1.27.